The van der Waals surface area contributed by atoms with E-state index in [-0.39, 0.29) is 4.66 Å². The fourth-order valence-corrected chi connectivity index (χ4v) is 6.56. The van der Waals surface area contributed by atoms with Gasteiger partial charge in [0.05, 0.1) is 0 Å². The molecule has 4 heteroatoms. The molecule has 1 aliphatic rings. The van der Waals surface area contributed by atoms with Crippen LogP contribution in [0, 0.1) is 0 Å². The monoisotopic (exact) mass is 406 g/mol. The van der Waals surface area contributed by atoms with Gasteiger partial charge in [0.15, 0.2) is 0 Å². The highest BCUT2D eigenvalue weighted by molar-refractivity contribution is 9.10. The topological polar surface area (TPSA) is 0 Å². The predicted molar refractivity (Wildman–Crippen MR) is 91.3 cm³/mol. The Kier molecular flexibility index (Phi) is 3.62. The number of hydrogen-bond acceptors (Lipinski definition) is 0. The Morgan fingerprint density at radius 3 is 1.58 bits per heavy atom. The van der Waals surface area contributed by atoms with Crippen LogP contribution in [0.4, 0.5) is 0 Å². The van der Waals surface area contributed by atoms with Crippen LogP contribution in [0.2, 0.25) is 13.1 Å². The first-order chi connectivity index (χ1) is 9.12. The van der Waals surface area contributed by atoms with Crippen LogP contribution in [0.25, 0.3) is 11.1 Å². The molecule has 0 spiro atoms. The predicted octanol–water partition coefficient (Wildman–Crippen LogP) is 4.90. The third-order valence-electron chi connectivity index (χ3n) is 3.81. The van der Waals surface area contributed by atoms with Crippen LogP contribution >= 0.6 is 31.9 Å². The second-order valence-electron chi connectivity index (χ2n) is 4.63. The van der Waals surface area contributed by atoms with E-state index in [1.165, 1.54) is 31.2 Å². The molecule has 2 aromatic carbocycles. The standard InChI is InChI=1S/C15H12Br2Si2/c1-18-15(19-2)13-7-9(16)3-5-11(13)12-6-4-10(17)8-14(12)15/h3-8H,1-2H3. The van der Waals surface area contributed by atoms with E-state index in [1.807, 2.05) is 0 Å². The number of rotatable bonds is 2. The third kappa shape index (κ3) is 1.95. The van der Waals surface area contributed by atoms with Crippen molar-refractivity contribution in [2.24, 2.45) is 0 Å². The number of benzene rings is 2. The van der Waals surface area contributed by atoms with E-state index in [1.54, 1.807) is 0 Å². The van der Waals surface area contributed by atoms with E-state index >= 15 is 0 Å². The van der Waals surface area contributed by atoms with Crippen molar-refractivity contribution >= 4 is 50.9 Å². The lowest BCUT2D eigenvalue weighted by molar-refractivity contribution is 1.05. The summed E-state index contributed by atoms with van der Waals surface area (Å²) in [5.41, 5.74) is 5.82. The van der Waals surface area contributed by atoms with E-state index in [4.69, 9.17) is 0 Å². The van der Waals surface area contributed by atoms with Gasteiger partial charge in [0.2, 0.25) is 0 Å². The van der Waals surface area contributed by atoms with Crippen molar-refractivity contribution in [1.29, 1.82) is 0 Å². The van der Waals surface area contributed by atoms with Gasteiger partial charge in [-0.1, -0.05) is 57.1 Å². The van der Waals surface area contributed by atoms with E-state index in [0.717, 1.165) is 19.0 Å². The normalized spacial score (nSPS) is 15.2. The summed E-state index contributed by atoms with van der Waals surface area (Å²) < 4.78 is 2.58. The summed E-state index contributed by atoms with van der Waals surface area (Å²) >= 11 is 7.26. The maximum Gasteiger partial charge on any atom is 0.0498 e. The Bertz CT molecular complexity index is 595. The van der Waals surface area contributed by atoms with Gasteiger partial charge >= 0.3 is 0 Å². The fourth-order valence-electron chi connectivity index (χ4n) is 2.93. The van der Waals surface area contributed by atoms with Crippen LogP contribution in [0.1, 0.15) is 11.1 Å². The lowest BCUT2D eigenvalue weighted by Gasteiger charge is -2.28. The van der Waals surface area contributed by atoms with Crippen molar-refractivity contribution in [3.05, 3.63) is 56.5 Å². The highest BCUT2D eigenvalue weighted by Gasteiger charge is 2.41. The Balaban J connectivity index is 2.38. The summed E-state index contributed by atoms with van der Waals surface area (Å²) in [7, 11) is 1.76. The van der Waals surface area contributed by atoms with E-state index in [9.17, 15) is 0 Å². The molecule has 0 nitrogen and oxygen atoms in total. The van der Waals surface area contributed by atoms with Crippen molar-refractivity contribution in [1.82, 2.24) is 0 Å². The molecule has 0 unspecified atom stereocenters. The highest BCUT2D eigenvalue weighted by Crippen LogP contribution is 2.49. The first-order valence-corrected chi connectivity index (χ1v) is 10.7. The van der Waals surface area contributed by atoms with Crippen molar-refractivity contribution in [2.45, 2.75) is 17.8 Å². The van der Waals surface area contributed by atoms with Crippen molar-refractivity contribution in [2.75, 3.05) is 0 Å². The van der Waals surface area contributed by atoms with E-state index < -0.39 is 0 Å². The molecular weight excluding hydrogens is 396 g/mol. The van der Waals surface area contributed by atoms with Crippen molar-refractivity contribution in [3.8, 4) is 11.1 Å². The molecule has 0 fully saturated rings. The summed E-state index contributed by atoms with van der Waals surface area (Å²) in [6, 6.07) is 13.4. The van der Waals surface area contributed by atoms with Crippen LogP contribution in [0.15, 0.2) is 45.3 Å². The quantitative estimate of drug-likeness (QED) is 0.621. The molecule has 0 atom stereocenters. The van der Waals surface area contributed by atoms with Gasteiger partial charge in [0, 0.05) is 32.6 Å². The lowest BCUT2D eigenvalue weighted by atomic mass is 10.1. The lowest BCUT2D eigenvalue weighted by Crippen LogP contribution is -2.36. The Labute approximate surface area is 135 Å². The molecule has 19 heavy (non-hydrogen) atoms. The Morgan fingerprint density at radius 2 is 1.21 bits per heavy atom. The van der Waals surface area contributed by atoms with Crippen LogP contribution in [-0.2, 0) is 4.66 Å². The van der Waals surface area contributed by atoms with Crippen molar-refractivity contribution in [3.63, 3.8) is 0 Å². The molecule has 0 N–H and O–H groups in total. The second kappa shape index (κ2) is 4.99. The average Bonchev–Trinajstić information content (AvgIpc) is 2.67. The smallest absolute Gasteiger partial charge is 0.0498 e. The molecule has 1 aliphatic carbocycles. The number of fused-ring (bicyclic) bond motifs is 3. The first-order valence-electron chi connectivity index (χ1n) is 6.10. The minimum atomic E-state index is 0.220. The summed E-state index contributed by atoms with van der Waals surface area (Å²) in [5.74, 6) is 0. The summed E-state index contributed by atoms with van der Waals surface area (Å²) in [6.45, 7) is 4.66. The molecular formula is C15H12Br2Si2. The van der Waals surface area contributed by atoms with Gasteiger partial charge in [-0.25, -0.2) is 0 Å². The van der Waals surface area contributed by atoms with E-state index in [2.05, 4.69) is 81.4 Å². The molecule has 0 heterocycles. The molecule has 3 rings (SSSR count). The maximum absolute atomic E-state index is 3.63. The second-order valence-corrected chi connectivity index (χ2v) is 9.46. The first kappa shape index (κ1) is 13.8. The highest BCUT2D eigenvalue weighted by atomic mass is 79.9. The molecule has 0 amide bonds. The van der Waals surface area contributed by atoms with Gasteiger partial charge in [0.1, 0.15) is 0 Å². The van der Waals surface area contributed by atoms with Gasteiger partial charge in [-0.05, 0) is 46.5 Å². The molecule has 0 aromatic heterocycles. The van der Waals surface area contributed by atoms with Crippen LogP contribution < -0.4 is 0 Å². The van der Waals surface area contributed by atoms with Gasteiger partial charge in [-0.15, -0.1) is 0 Å². The van der Waals surface area contributed by atoms with Crippen LogP contribution in [0.3, 0.4) is 0 Å². The zero-order chi connectivity index (χ0) is 13.6. The summed E-state index contributed by atoms with van der Waals surface area (Å²) in [5, 5.41) is 0. The van der Waals surface area contributed by atoms with Gasteiger partial charge < -0.3 is 0 Å². The summed E-state index contributed by atoms with van der Waals surface area (Å²) in [6.07, 6.45) is 0. The number of halogens is 2. The van der Waals surface area contributed by atoms with Gasteiger partial charge in [-0.2, -0.15) is 0 Å². The van der Waals surface area contributed by atoms with Crippen LogP contribution in [0.5, 0.6) is 0 Å². The molecule has 0 saturated carbocycles. The maximum atomic E-state index is 3.63. The zero-order valence-electron chi connectivity index (χ0n) is 10.7. The molecule has 0 saturated heterocycles. The SMILES string of the molecule is C[Si]C1([Si]C)c2cc(Br)ccc2-c2ccc(Br)cc21. The molecule has 94 valence electrons. The Morgan fingerprint density at radius 1 is 0.789 bits per heavy atom. The van der Waals surface area contributed by atoms with Gasteiger partial charge in [0.25, 0.3) is 0 Å². The van der Waals surface area contributed by atoms with Crippen molar-refractivity contribution < 1.29 is 0 Å². The van der Waals surface area contributed by atoms with E-state index in [0.29, 0.717) is 0 Å². The largest absolute Gasteiger partial charge is 0.0725 e. The van der Waals surface area contributed by atoms with Crippen LogP contribution in [-0.4, -0.2) is 19.0 Å². The number of hydrogen-bond donors (Lipinski definition) is 0. The average molecular weight is 408 g/mol. The summed E-state index contributed by atoms with van der Waals surface area (Å²) in [4.78, 5) is 0. The molecule has 0 aliphatic heterocycles. The minimum Gasteiger partial charge on any atom is -0.0725 e. The third-order valence-corrected chi connectivity index (χ3v) is 8.88. The minimum absolute atomic E-state index is 0.220. The zero-order valence-corrected chi connectivity index (χ0v) is 15.9. The molecule has 4 radical (unpaired) electrons. The molecule has 2 aromatic rings. The Hall–Kier alpha value is -0.166. The molecule has 0 bridgehead atoms. The fraction of sp³-hybridized carbons (Fsp3) is 0.200. The van der Waals surface area contributed by atoms with Gasteiger partial charge in [-0.3, -0.25) is 0 Å².